The third-order valence-corrected chi connectivity index (χ3v) is 8.33. The molecule has 156 valence electrons. The molecular formula is C24H30ClNO2S. The number of hydrogen-bond donors (Lipinski definition) is 1. The highest BCUT2D eigenvalue weighted by Gasteiger charge is 2.39. The maximum atomic E-state index is 10.1. The van der Waals surface area contributed by atoms with Gasteiger partial charge in [-0.2, -0.15) is 0 Å². The predicted octanol–water partition coefficient (Wildman–Crippen LogP) is 6.43. The van der Waals surface area contributed by atoms with Crippen LogP contribution in [0.3, 0.4) is 0 Å². The van der Waals surface area contributed by atoms with Gasteiger partial charge >= 0.3 is 0 Å². The quantitative estimate of drug-likeness (QED) is 0.547. The Morgan fingerprint density at radius 3 is 2.59 bits per heavy atom. The number of likely N-dealkylation sites (tertiary alicyclic amines) is 1. The van der Waals surface area contributed by atoms with E-state index in [1.54, 1.807) is 0 Å². The Morgan fingerprint density at radius 2 is 1.90 bits per heavy atom. The van der Waals surface area contributed by atoms with Crippen LogP contribution in [-0.2, 0) is 6.42 Å². The van der Waals surface area contributed by atoms with E-state index < -0.39 is 0 Å². The zero-order valence-corrected chi connectivity index (χ0v) is 18.8. The van der Waals surface area contributed by atoms with Crippen LogP contribution in [0.4, 0.5) is 0 Å². The fourth-order valence-corrected chi connectivity index (χ4v) is 6.01. The molecule has 0 aliphatic carbocycles. The first kappa shape index (κ1) is 21.0. The first-order chi connectivity index (χ1) is 14.1. The summed E-state index contributed by atoms with van der Waals surface area (Å²) in [5, 5.41) is 10.9. The molecule has 2 aliphatic rings. The van der Waals surface area contributed by atoms with Crippen LogP contribution in [0.2, 0.25) is 5.02 Å². The molecule has 0 aromatic heterocycles. The van der Waals surface area contributed by atoms with Crippen LogP contribution >= 0.6 is 23.4 Å². The number of aliphatic hydroxyl groups is 1. The normalized spacial score (nSPS) is 23.2. The van der Waals surface area contributed by atoms with Gasteiger partial charge in [0, 0.05) is 17.1 Å². The minimum absolute atomic E-state index is 0.102. The van der Waals surface area contributed by atoms with Crippen LogP contribution in [0.5, 0.6) is 5.75 Å². The van der Waals surface area contributed by atoms with Crippen molar-refractivity contribution < 1.29 is 9.84 Å². The summed E-state index contributed by atoms with van der Waals surface area (Å²) in [7, 11) is 0. The van der Waals surface area contributed by atoms with Gasteiger partial charge in [0.15, 0.2) is 4.93 Å². The zero-order valence-electron chi connectivity index (χ0n) is 17.2. The standard InChI is InChI=1S/C24H30ClNO2S/c1-3-24(4-2)28-22-14-8-18(15-23(22)29-24)21-13-12-20(26(21)16-27)11-7-17-5-9-19(25)10-6-17/h5-6,8-10,14-15,20-21,27H,3-4,7,11-13,16H2,1-2H3. The molecule has 0 amide bonds. The fraction of sp³-hybridized carbons (Fsp3) is 0.500. The van der Waals surface area contributed by atoms with Crippen LogP contribution < -0.4 is 4.74 Å². The van der Waals surface area contributed by atoms with E-state index in [4.69, 9.17) is 16.3 Å². The van der Waals surface area contributed by atoms with Crippen molar-refractivity contribution >= 4 is 23.4 Å². The number of aliphatic hydroxyl groups excluding tert-OH is 1. The average molecular weight is 432 g/mol. The summed E-state index contributed by atoms with van der Waals surface area (Å²) in [6.07, 6.45) is 6.26. The third-order valence-electron chi connectivity index (χ3n) is 6.51. The number of hydrogen-bond acceptors (Lipinski definition) is 4. The molecular weight excluding hydrogens is 402 g/mol. The van der Waals surface area contributed by atoms with Crippen molar-refractivity contribution in [3.8, 4) is 5.75 Å². The minimum atomic E-state index is -0.117. The molecule has 2 aromatic carbocycles. The van der Waals surface area contributed by atoms with Gasteiger partial charge in [-0.05, 0) is 73.9 Å². The molecule has 0 bridgehead atoms. The Morgan fingerprint density at radius 1 is 1.14 bits per heavy atom. The van der Waals surface area contributed by atoms with Gasteiger partial charge in [-0.15, -0.1) is 0 Å². The molecule has 2 aliphatic heterocycles. The Labute approximate surface area is 183 Å². The SMILES string of the molecule is CCC1(CC)Oc2ccc(C3CCC(CCc4ccc(Cl)cc4)N3CO)cc2S1. The predicted molar refractivity (Wildman–Crippen MR) is 121 cm³/mol. The molecule has 5 heteroatoms. The summed E-state index contributed by atoms with van der Waals surface area (Å²) in [4.78, 5) is 3.40. The molecule has 3 nitrogen and oxygen atoms in total. The highest BCUT2D eigenvalue weighted by atomic mass is 35.5. The number of ether oxygens (including phenoxy) is 1. The molecule has 1 saturated heterocycles. The summed E-state index contributed by atoms with van der Waals surface area (Å²) in [6.45, 7) is 4.49. The highest BCUT2D eigenvalue weighted by molar-refractivity contribution is 8.00. The molecule has 2 aromatic rings. The van der Waals surface area contributed by atoms with Gasteiger partial charge < -0.3 is 9.84 Å². The lowest BCUT2D eigenvalue weighted by Gasteiger charge is -2.28. The number of nitrogens with zero attached hydrogens (tertiary/aromatic N) is 1. The maximum Gasteiger partial charge on any atom is 0.158 e. The summed E-state index contributed by atoms with van der Waals surface area (Å²) >= 11 is 7.86. The van der Waals surface area contributed by atoms with Crippen LogP contribution in [0.25, 0.3) is 0 Å². The number of benzene rings is 2. The van der Waals surface area contributed by atoms with Gasteiger partial charge in [0.05, 0.1) is 11.6 Å². The summed E-state index contributed by atoms with van der Waals surface area (Å²) in [5.41, 5.74) is 2.60. The Hall–Kier alpha value is -1.20. The van der Waals surface area contributed by atoms with E-state index in [1.165, 1.54) is 16.0 Å². The van der Waals surface area contributed by atoms with Gasteiger partial charge in [-0.25, -0.2) is 0 Å². The van der Waals surface area contributed by atoms with Gasteiger partial charge in [0.2, 0.25) is 0 Å². The van der Waals surface area contributed by atoms with Crippen LogP contribution in [0.15, 0.2) is 47.4 Å². The largest absolute Gasteiger partial charge is 0.475 e. The second kappa shape index (κ2) is 8.89. The number of rotatable bonds is 7. The van der Waals surface area contributed by atoms with E-state index in [0.717, 1.165) is 49.3 Å². The second-order valence-corrected chi connectivity index (χ2v) is 9.92. The zero-order chi connectivity index (χ0) is 20.4. The molecule has 0 radical (unpaired) electrons. The van der Waals surface area contributed by atoms with E-state index in [1.807, 2.05) is 23.9 Å². The molecule has 29 heavy (non-hydrogen) atoms. The Bertz CT molecular complexity index is 837. The lowest BCUT2D eigenvalue weighted by atomic mass is 10.0. The van der Waals surface area contributed by atoms with Crippen molar-refractivity contribution in [1.82, 2.24) is 4.90 Å². The minimum Gasteiger partial charge on any atom is -0.475 e. The molecule has 1 fully saturated rings. The lowest BCUT2D eigenvalue weighted by Crippen LogP contribution is -2.32. The van der Waals surface area contributed by atoms with Crippen molar-refractivity contribution in [2.45, 2.75) is 74.3 Å². The second-order valence-electron chi connectivity index (χ2n) is 8.10. The number of aryl methyl sites for hydroxylation is 1. The van der Waals surface area contributed by atoms with Crippen molar-refractivity contribution in [3.63, 3.8) is 0 Å². The van der Waals surface area contributed by atoms with Gasteiger partial charge in [-0.1, -0.05) is 55.4 Å². The Balaban J connectivity index is 1.45. The topological polar surface area (TPSA) is 32.7 Å². The smallest absolute Gasteiger partial charge is 0.158 e. The van der Waals surface area contributed by atoms with Crippen LogP contribution in [0, 0.1) is 0 Å². The Kier molecular flexibility index (Phi) is 6.45. The maximum absolute atomic E-state index is 10.1. The first-order valence-electron chi connectivity index (χ1n) is 10.7. The summed E-state index contributed by atoms with van der Waals surface area (Å²) in [6, 6.07) is 15.4. The average Bonchev–Trinajstić information content (AvgIpc) is 3.33. The molecule has 1 N–H and O–H groups in total. The van der Waals surface area contributed by atoms with Gasteiger partial charge in [0.1, 0.15) is 5.75 Å². The van der Waals surface area contributed by atoms with E-state index in [9.17, 15) is 5.11 Å². The highest BCUT2D eigenvalue weighted by Crippen LogP contribution is 2.52. The van der Waals surface area contributed by atoms with Crippen molar-refractivity contribution in [3.05, 3.63) is 58.6 Å². The summed E-state index contributed by atoms with van der Waals surface area (Å²) in [5.74, 6) is 1.01. The monoisotopic (exact) mass is 431 g/mol. The van der Waals surface area contributed by atoms with Crippen molar-refractivity contribution in [2.24, 2.45) is 0 Å². The molecule has 0 saturated carbocycles. The van der Waals surface area contributed by atoms with Crippen LogP contribution in [0.1, 0.15) is 63.1 Å². The number of thioether (sulfide) groups is 1. The first-order valence-corrected chi connectivity index (χ1v) is 11.9. The van der Waals surface area contributed by atoms with Crippen LogP contribution in [-0.4, -0.2) is 27.7 Å². The third kappa shape index (κ3) is 4.32. The van der Waals surface area contributed by atoms with Gasteiger partial charge in [0.25, 0.3) is 0 Å². The van der Waals surface area contributed by atoms with E-state index >= 15 is 0 Å². The van der Waals surface area contributed by atoms with Crippen molar-refractivity contribution in [1.29, 1.82) is 0 Å². The molecule has 2 unspecified atom stereocenters. The van der Waals surface area contributed by atoms with E-state index in [-0.39, 0.29) is 17.7 Å². The molecule has 2 atom stereocenters. The molecule has 2 heterocycles. The lowest BCUT2D eigenvalue weighted by molar-refractivity contribution is 0.0596. The number of fused-ring (bicyclic) bond motifs is 1. The fourth-order valence-electron chi connectivity index (χ4n) is 4.66. The van der Waals surface area contributed by atoms with Crippen molar-refractivity contribution in [2.75, 3.05) is 6.73 Å². The summed E-state index contributed by atoms with van der Waals surface area (Å²) < 4.78 is 6.27. The van der Waals surface area contributed by atoms with Gasteiger partial charge in [-0.3, -0.25) is 4.90 Å². The number of halogens is 1. The van der Waals surface area contributed by atoms with E-state index in [2.05, 4.69) is 49.1 Å². The molecule has 4 rings (SSSR count). The molecule has 0 spiro atoms. The van der Waals surface area contributed by atoms with E-state index in [0.29, 0.717) is 6.04 Å².